The van der Waals surface area contributed by atoms with Gasteiger partial charge in [0, 0.05) is 97.5 Å². The Bertz CT molecular complexity index is 2560. The van der Waals surface area contributed by atoms with Gasteiger partial charge in [0.05, 0.1) is 69.8 Å². The molecule has 22 heteroatoms. The number of hydrogen-bond donors (Lipinski definition) is 4. The van der Waals surface area contributed by atoms with Crippen LogP contribution in [0.3, 0.4) is 0 Å². The number of thiophene rings is 1. The molecule has 0 saturated carbocycles. The third kappa shape index (κ3) is 12.5. The summed E-state index contributed by atoms with van der Waals surface area (Å²) in [6.45, 7) is 18.4. The van der Waals surface area contributed by atoms with Crippen LogP contribution >= 0.6 is 45.6 Å². The maximum Gasteiger partial charge on any atom is 0.267 e. The molecule has 4 N–H and O–H groups in total. The van der Waals surface area contributed by atoms with E-state index in [0.29, 0.717) is 51.5 Å². The second-order valence-electron chi connectivity index (χ2n) is 15.9. The number of aliphatic hydroxyl groups excluding tert-OH is 2. The number of hydrogen-bond acceptors (Lipinski definition) is 18. The predicted octanol–water partition coefficient (Wildman–Crippen LogP) is 4.77. The quantitative estimate of drug-likeness (QED) is 0.116. The van der Waals surface area contributed by atoms with Crippen LogP contribution in [-0.4, -0.2) is 150 Å². The van der Waals surface area contributed by atoms with Gasteiger partial charge in [0.15, 0.2) is 0 Å². The van der Waals surface area contributed by atoms with Gasteiger partial charge in [-0.25, -0.2) is 29.9 Å². The monoisotopic (exact) mass is 962 g/mol. The molecule has 2 saturated heterocycles. The number of nitrogens with zero attached hydrogens (tertiary/aromatic N) is 12. The molecule has 8 rings (SSSR count). The molecule has 0 aromatic carbocycles. The van der Waals surface area contributed by atoms with Gasteiger partial charge in [0.25, 0.3) is 11.8 Å². The summed E-state index contributed by atoms with van der Waals surface area (Å²) in [7, 11) is 1.86. The Labute approximate surface area is 395 Å². The maximum absolute atomic E-state index is 12.8. The number of thiazole rings is 2. The van der Waals surface area contributed by atoms with Gasteiger partial charge in [0.2, 0.25) is 0 Å². The summed E-state index contributed by atoms with van der Waals surface area (Å²) in [5.74, 6) is 2.87. The summed E-state index contributed by atoms with van der Waals surface area (Å²) in [5, 5.41) is 32.0. The van der Waals surface area contributed by atoms with Gasteiger partial charge in [0.1, 0.15) is 37.4 Å². The van der Waals surface area contributed by atoms with Crippen molar-refractivity contribution in [1.82, 2.24) is 49.5 Å². The second-order valence-corrected chi connectivity index (χ2v) is 19.6. The van der Waals surface area contributed by atoms with E-state index < -0.39 is 0 Å². The molecule has 8 heterocycles. The second kappa shape index (κ2) is 22.0. The minimum Gasteiger partial charge on any atom is -0.395 e. The number of β-amino-alcohol motifs (C(OH)–C–C–N with tert-alkyl or cyclic N) is 2. The van der Waals surface area contributed by atoms with E-state index in [-0.39, 0.29) is 25.0 Å². The molecule has 0 bridgehead atoms. The number of halogens is 1. The van der Waals surface area contributed by atoms with Crippen molar-refractivity contribution in [2.75, 3.05) is 99.1 Å². The van der Waals surface area contributed by atoms with E-state index in [1.807, 2.05) is 59.2 Å². The molecule has 6 aromatic heterocycles. The lowest BCUT2D eigenvalue weighted by Crippen LogP contribution is -2.47. The number of amides is 2. The largest absolute Gasteiger partial charge is 0.395 e. The highest BCUT2D eigenvalue weighted by atomic mass is 35.5. The lowest BCUT2D eigenvalue weighted by atomic mass is 10.2. The van der Waals surface area contributed by atoms with Crippen molar-refractivity contribution in [1.29, 1.82) is 0 Å². The van der Waals surface area contributed by atoms with Crippen LogP contribution in [-0.2, 0) is 19.9 Å². The van der Waals surface area contributed by atoms with Crippen LogP contribution in [0.5, 0.6) is 0 Å². The summed E-state index contributed by atoms with van der Waals surface area (Å²) in [6.07, 6.45) is 4.30. The number of carbonyl (C=O) groups excluding carboxylic acids is 2. The fourth-order valence-electron chi connectivity index (χ4n) is 7.58. The first-order valence-electron chi connectivity index (χ1n) is 21.4. The Hall–Kier alpha value is -5.00. The molecule has 6 aromatic rings. The fraction of sp³-hybridized carbons (Fsp3) is 0.465. The molecule has 18 nitrogen and oxygen atoms in total. The predicted molar refractivity (Wildman–Crippen MR) is 258 cm³/mol. The number of rotatable bonds is 14. The summed E-state index contributed by atoms with van der Waals surface area (Å²) in [6, 6.07) is 4.02. The molecule has 0 aliphatic carbocycles. The van der Waals surface area contributed by atoms with E-state index in [0.717, 1.165) is 114 Å². The summed E-state index contributed by atoms with van der Waals surface area (Å²) in [4.78, 5) is 62.8. The van der Waals surface area contributed by atoms with Gasteiger partial charge >= 0.3 is 0 Å². The molecule has 2 fully saturated rings. The van der Waals surface area contributed by atoms with Gasteiger partial charge in [-0.15, -0.1) is 34.0 Å². The maximum atomic E-state index is 12.8. The van der Waals surface area contributed by atoms with Crippen molar-refractivity contribution in [2.45, 2.75) is 47.5 Å². The number of nitrogens with one attached hydrogen (secondary N) is 2. The molecular formula is C43H55ClN14O4S3. The van der Waals surface area contributed by atoms with E-state index in [1.54, 1.807) is 17.1 Å². The molecule has 2 amide bonds. The number of anilines is 4. The van der Waals surface area contributed by atoms with Crippen LogP contribution in [0, 0.1) is 34.6 Å². The third-order valence-electron chi connectivity index (χ3n) is 11.1. The highest BCUT2D eigenvalue weighted by Gasteiger charge is 2.22. The van der Waals surface area contributed by atoms with E-state index >= 15 is 0 Å². The van der Waals surface area contributed by atoms with E-state index in [4.69, 9.17) is 21.8 Å². The number of aromatic nitrogens is 8. The Balaban J connectivity index is 0.000000194. The van der Waals surface area contributed by atoms with Gasteiger partial charge in [-0.3, -0.25) is 24.1 Å². The van der Waals surface area contributed by atoms with Gasteiger partial charge in [-0.1, -0.05) is 11.6 Å². The number of aryl methyl sites for hydroxylation is 5. The summed E-state index contributed by atoms with van der Waals surface area (Å²) in [5.41, 5.74) is 5.80. The minimum absolute atomic E-state index is 0.182. The Morgan fingerprint density at radius 2 is 1.15 bits per heavy atom. The van der Waals surface area contributed by atoms with Crippen LogP contribution in [0.25, 0.3) is 0 Å². The van der Waals surface area contributed by atoms with E-state index in [1.165, 1.54) is 34.0 Å². The lowest BCUT2D eigenvalue weighted by molar-refractivity contribution is 0.102. The highest BCUT2D eigenvalue weighted by molar-refractivity contribution is 7.15. The molecule has 0 unspecified atom stereocenters. The lowest BCUT2D eigenvalue weighted by Gasteiger charge is -2.35. The molecule has 0 atom stereocenters. The first-order chi connectivity index (χ1) is 31.3. The zero-order valence-corrected chi connectivity index (χ0v) is 40.7. The molecule has 0 radical (unpaired) electrons. The zero-order chi connectivity index (χ0) is 46.2. The van der Waals surface area contributed by atoms with Gasteiger partial charge in [-0.2, -0.15) is 5.10 Å². The zero-order valence-electron chi connectivity index (χ0n) is 37.5. The molecule has 2 aliphatic heterocycles. The molecule has 2 aliphatic rings. The third-order valence-corrected chi connectivity index (χ3v) is 14.4. The Morgan fingerprint density at radius 1 is 0.692 bits per heavy atom. The van der Waals surface area contributed by atoms with Crippen LogP contribution in [0.1, 0.15) is 69.3 Å². The first-order valence-corrected chi connectivity index (χ1v) is 24.3. The molecule has 0 spiro atoms. The van der Waals surface area contributed by atoms with Crippen LogP contribution < -0.4 is 20.4 Å². The van der Waals surface area contributed by atoms with Crippen molar-refractivity contribution >= 4 is 80.4 Å². The topological polar surface area (TPSA) is 207 Å². The number of piperazine rings is 2. The van der Waals surface area contributed by atoms with Crippen LogP contribution in [0.15, 0.2) is 29.9 Å². The van der Waals surface area contributed by atoms with Crippen molar-refractivity contribution < 1.29 is 19.8 Å². The normalized spacial score (nSPS) is 14.7. The Morgan fingerprint density at radius 3 is 1.55 bits per heavy atom. The van der Waals surface area contributed by atoms with Gasteiger partial charge in [-0.05, 0) is 45.6 Å². The average Bonchev–Trinajstić information content (AvgIpc) is 4.07. The molecule has 65 heavy (non-hydrogen) atoms. The van der Waals surface area contributed by atoms with Gasteiger partial charge < -0.3 is 30.6 Å². The van der Waals surface area contributed by atoms with Crippen molar-refractivity contribution in [2.24, 2.45) is 7.05 Å². The molecule has 346 valence electrons. The SMILES string of the molecule is Cc1nc(Cc2ncc(C(=O)Nc3c(C)csc3Cl)s2)cc(N2CCN(CCO)CC2)n1.Cc1nc(Cc2ncc(C(=O)Nc3c(C)nn(C)c3C)s2)cc(N2CCN(CCO)CC2)n1. The fourth-order valence-corrected chi connectivity index (χ4v) is 10.3. The van der Waals surface area contributed by atoms with Crippen LogP contribution in [0.2, 0.25) is 4.34 Å². The minimum atomic E-state index is -0.211. The molecular weight excluding hydrogens is 908 g/mol. The van der Waals surface area contributed by atoms with Crippen LogP contribution in [0.4, 0.5) is 23.0 Å². The standard InChI is InChI=1S/C22H30N8O2S.C21H25ClN6O2S2/c1-14-21(15(2)28(4)27-14)26-22(32)18-13-23-20(33-18)12-17-11-19(25-16(3)24-17)30-7-5-29(6-8-30)9-10-31;1-13-12-31-20(22)19(13)26-21(30)16-11-23-18(32-16)10-15-9-17(25-14(2)24-15)28-5-3-27(4-6-28)7-8-29/h11,13,31H,5-10,12H2,1-4H3,(H,26,32);9,11-12,29H,3-8,10H2,1-2H3,(H,26,30). The smallest absolute Gasteiger partial charge is 0.267 e. The van der Waals surface area contributed by atoms with Crippen molar-refractivity contribution in [3.8, 4) is 0 Å². The van der Waals surface area contributed by atoms with Crippen molar-refractivity contribution in [3.05, 3.63) is 94.0 Å². The first kappa shape index (κ1) is 47.9. The summed E-state index contributed by atoms with van der Waals surface area (Å²) >= 11 is 10.3. The van der Waals surface area contributed by atoms with E-state index in [9.17, 15) is 9.59 Å². The summed E-state index contributed by atoms with van der Waals surface area (Å²) < 4.78 is 2.33. The Kier molecular flexibility index (Phi) is 16.2. The number of aliphatic hydroxyl groups is 2. The number of carbonyl (C=O) groups is 2. The average molecular weight is 964 g/mol. The van der Waals surface area contributed by atoms with Crippen molar-refractivity contribution in [3.63, 3.8) is 0 Å². The van der Waals surface area contributed by atoms with E-state index in [2.05, 4.69) is 65.2 Å². The highest BCUT2D eigenvalue weighted by Crippen LogP contribution is 2.33.